The van der Waals surface area contributed by atoms with E-state index in [2.05, 4.69) is 0 Å². The number of alkyl halides is 2. The number of hydrogen-bond acceptors (Lipinski definition) is 2. The molecule has 0 aliphatic rings. The average Bonchev–Trinajstić information content (AvgIpc) is 2.46. The second kappa shape index (κ2) is 5.96. The molecule has 1 atom stereocenters. The molecular formula is C15H13F3O2. The standard InChI is InChI=1S/C15H13F3O2/c1-20-13-7-6-11(16)8-12(13)14(19)9-2-4-10(5-3-9)15(17)18/h2-8,14-15,19H,1H3. The molecule has 0 saturated carbocycles. The number of hydrogen-bond donors (Lipinski definition) is 1. The maximum Gasteiger partial charge on any atom is 0.263 e. The van der Waals surface area contributed by atoms with Gasteiger partial charge in [-0.3, -0.25) is 0 Å². The number of methoxy groups -OCH3 is 1. The molecule has 0 saturated heterocycles. The minimum Gasteiger partial charge on any atom is -0.496 e. The van der Waals surface area contributed by atoms with Crippen molar-refractivity contribution in [3.05, 3.63) is 65.0 Å². The normalized spacial score (nSPS) is 12.5. The van der Waals surface area contributed by atoms with Crippen molar-refractivity contribution in [3.8, 4) is 5.75 Å². The molecular weight excluding hydrogens is 269 g/mol. The Morgan fingerprint density at radius 3 is 2.15 bits per heavy atom. The Morgan fingerprint density at radius 1 is 1.00 bits per heavy atom. The average molecular weight is 282 g/mol. The summed E-state index contributed by atoms with van der Waals surface area (Å²) in [5, 5.41) is 10.2. The monoisotopic (exact) mass is 282 g/mol. The van der Waals surface area contributed by atoms with Gasteiger partial charge in [0.15, 0.2) is 0 Å². The van der Waals surface area contributed by atoms with Gasteiger partial charge in [0.25, 0.3) is 6.43 Å². The molecule has 20 heavy (non-hydrogen) atoms. The van der Waals surface area contributed by atoms with Crippen LogP contribution in [-0.4, -0.2) is 12.2 Å². The summed E-state index contributed by atoms with van der Waals surface area (Å²) in [5.41, 5.74) is 0.503. The van der Waals surface area contributed by atoms with E-state index >= 15 is 0 Å². The third-order valence-corrected chi connectivity index (χ3v) is 2.99. The van der Waals surface area contributed by atoms with Gasteiger partial charge in [-0.1, -0.05) is 24.3 Å². The van der Waals surface area contributed by atoms with Gasteiger partial charge in [-0.2, -0.15) is 0 Å². The van der Waals surface area contributed by atoms with Crippen LogP contribution < -0.4 is 4.74 Å². The van der Waals surface area contributed by atoms with Gasteiger partial charge in [0, 0.05) is 11.1 Å². The fraction of sp³-hybridized carbons (Fsp3) is 0.200. The van der Waals surface area contributed by atoms with Crippen LogP contribution in [-0.2, 0) is 0 Å². The molecule has 0 aliphatic heterocycles. The van der Waals surface area contributed by atoms with E-state index in [1.807, 2.05) is 0 Å². The molecule has 2 rings (SSSR count). The summed E-state index contributed by atoms with van der Waals surface area (Å²) in [7, 11) is 1.41. The Bertz CT molecular complexity index is 582. The van der Waals surface area contributed by atoms with Gasteiger partial charge in [-0.05, 0) is 23.8 Å². The Balaban J connectivity index is 2.35. The van der Waals surface area contributed by atoms with E-state index in [1.165, 1.54) is 43.5 Å². The number of benzene rings is 2. The van der Waals surface area contributed by atoms with Gasteiger partial charge in [0.1, 0.15) is 17.7 Å². The third-order valence-electron chi connectivity index (χ3n) is 2.99. The number of aliphatic hydroxyl groups excluding tert-OH is 1. The zero-order valence-electron chi connectivity index (χ0n) is 10.7. The van der Waals surface area contributed by atoms with E-state index in [1.54, 1.807) is 0 Å². The molecule has 0 heterocycles. The summed E-state index contributed by atoms with van der Waals surface area (Å²) in [6.07, 6.45) is -3.71. The highest BCUT2D eigenvalue weighted by molar-refractivity contribution is 5.41. The van der Waals surface area contributed by atoms with E-state index < -0.39 is 18.3 Å². The molecule has 2 aromatic rings. The zero-order chi connectivity index (χ0) is 14.7. The highest BCUT2D eigenvalue weighted by atomic mass is 19.3. The molecule has 106 valence electrons. The SMILES string of the molecule is COc1ccc(F)cc1C(O)c1ccc(C(F)F)cc1. The Kier molecular flexibility index (Phi) is 4.29. The number of ether oxygens (including phenoxy) is 1. The minimum absolute atomic E-state index is 0.132. The van der Waals surface area contributed by atoms with E-state index in [0.29, 0.717) is 11.3 Å². The highest BCUT2D eigenvalue weighted by Crippen LogP contribution is 2.31. The summed E-state index contributed by atoms with van der Waals surface area (Å²) in [6.45, 7) is 0. The zero-order valence-corrected chi connectivity index (χ0v) is 10.7. The van der Waals surface area contributed by atoms with Crippen LogP contribution in [0.1, 0.15) is 29.2 Å². The summed E-state index contributed by atoms with van der Waals surface area (Å²) in [6, 6.07) is 9.01. The molecule has 0 spiro atoms. The van der Waals surface area contributed by atoms with E-state index in [-0.39, 0.29) is 11.1 Å². The summed E-state index contributed by atoms with van der Waals surface area (Å²) in [5.74, 6) is -0.180. The minimum atomic E-state index is -2.56. The Morgan fingerprint density at radius 2 is 1.60 bits per heavy atom. The van der Waals surface area contributed by atoms with Gasteiger partial charge in [0.2, 0.25) is 0 Å². The Hall–Kier alpha value is -2.01. The second-order valence-corrected chi connectivity index (χ2v) is 4.26. The molecule has 0 amide bonds. The fourth-order valence-electron chi connectivity index (χ4n) is 1.92. The maximum absolute atomic E-state index is 13.3. The van der Waals surface area contributed by atoms with Crippen LogP contribution >= 0.6 is 0 Å². The largest absolute Gasteiger partial charge is 0.496 e. The molecule has 1 unspecified atom stereocenters. The van der Waals surface area contributed by atoms with Gasteiger partial charge in [-0.15, -0.1) is 0 Å². The molecule has 0 radical (unpaired) electrons. The maximum atomic E-state index is 13.3. The summed E-state index contributed by atoms with van der Waals surface area (Å²) < 4.78 is 43.2. The van der Waals surface area contributed by atoms with Crippen molar-refractivity contribution >= 4 is 0 Å². The lowest BCUT2D eigenvalue weighted by Gasteiger charge is -2.15. The first-order valence-corrected chi connectivity index (χ1v) is 5.92. The van der Waals surface area contributed by atoms with E-state index in [4.69, 9.17) is 4.74 Å². The van der Waals surface area contributed by atoms with Crippen LogP contribution in [0.15, 0.2) is 42.5 Å². The van der Waals surface area contributed by atoms with Crippen molar-refractivity contribution in [1.29, 1.82) is 0 Å². The first kappa shape index (κ1) is 14.4. The predicted octanol–water partition coefficient (Wildman–Crippen LogP) is 3.85. The molecule has 0 aliphatic carbocycles. The van der Waals surface area contributed by atoms with Crippen LogP contribution in [0.5, 0.6) is 5.75 Å². The van der Waals surface area contributed by atoms with Gasteiger partial charge >= 0.3 is 0 Å². The first-order valence-electron chi connectivity index (χ1n) is 5.92. The lowest BCUT2D eigenvalue weighted by atomic mass is 9.99. The van der Waals surface area contributed by atoms with Crippen LogP contribution in [0.4, 0.5) is 13.2 Å². The van der Waals surface area contributed by atoms with Crippen LogP contribution in [0.2, 0.25) is 0 Å². The van der Waals surface area contributed by atoms with Crippen molar-refractivity contribution in [3.63, 3.8) is 0 Å². The van der Waals surface area contributed by atoms with Gasteiger partial charge in [-0.25, -0.2) is 13.2 Å². The van der Waals surface area contributed by atoms with Crippen molar-refractivity contribution in [2.75, 3.05) is 7.11 Å². The molecule has 1 N–H and O–H groups in total. The topological polar surface area (TPSA) is 29.5 Å². The van der Waals surface area contributed by atoms with Crippen molar-refractivity contribution in [2.45, 2.75) is 12.5 Å². The van der Waals surface area contributed by atoms with E-state index in [0.717, 1.165) is 6.07 Å². The third kappa shape index (κ3) is 2.93. The van der Waals surface area contributed by atoms with Crippen molar-refractivity contribution < 1.29 is 23.0 Å². The summed E-state index contributed by atoms with van der Waals surface area (Å²) in [4.78, 5) is 0. The van der Waals surface area contributed by atoms with Crippen LogP contribution in [0.25, 0.3) is 0 Å². The highest BCUT2D eigenvalue weighted by Gasteiger charge is 2.17. The molecule has 0 fully saturated rings. The lowest BCUT2D eigenvalue weighted by molar-refractivity contribution is 0.151. The molecule has 0 aromatic heterocycles. The van der Waals surface area contributed by atoms with E-state index in [9.17, 15) is 18.3 Å². The molecule has 2 aromatic carbocycles. The van der Waals surface area contributed by atoms with Crippen molar-refractivity contribution in [1.82, 2.24) is 0 Å². The molecule has 5 heteroatoms. The predicted molar refractivity (Wildman–Crippen MR) is 68.4 cm³/mol. The van der Waals surface area contributed by atoms with Gasteiger partial charge < -0.3 is 9.84 Å². The second-order valence-electron chi connectivity index (χ2n) is 4.26. The summed E-state index contributed by atoms with van der Waals surface area (Å²) >= 11 is 0. The first-order chi connectivity index (χ1) is 9.52. The van der Waals surface area contributed by atoms with Crippen molar-refractivity contribution in [2.24, 2.45) is 0 Å². The smallest absolute Gasteiger partial charge is 0.263 e. The number of halogens is 3. The Labute approximate surface area is 114 Å². The fourth-order valence-corrected chi connectivity index (χ4v) is 1.92. The quantitative estimate of drug-likeness (QED) is 0.922. The van der Waals surface area contributed by atoms with Crippen LogP contribution in [0, 0.1) is 5.82 Å². The molecule has 2 nitrogen and oxygen atoms in total. The molecule has 0 bridgehead atoms. The number of rotatable bonds is 4. The van der Waals surface area contributed by atoms with Gasteiger partial charge in [0.05, 0.1) is 7.11 Å². The lowest BCUT2D eigenvalue weighted by Crippen LogP contribution is -2.03. The number of aliphatic hydroxyl groups is 1. The van der Waals surface area contributed by atoms with Crippen LogP contribution in [0.3, 0.4) is 0 Å².